The van der Waals surface area contributed by atoms with Gasteiger partial charge in [-0.05, 0) is 17.7 Å². The van der Waals surface area contributed by atoms with E-state index in [9.17, 15) is 18.0 Å². The number of aliphatic hydroxyl groups is 1. The van der Waals surface area contributed by atoms with Gasteiger partial charge >= 0.3 is 12.3 Å². The summed E-state index contributed by atoms with van der Waals surface area (Å²) < 4.78 is 52.2. The van der Waals surface area contributed by atoms with E-state index in [1.807, 2.05) is 0 Å². The monoisotopic (exact) mass is 386 g/mol. The van der Waals surface area contributed by atoms with E-state index in [4.69, 9.17) is 19.1 Å². The number of benzene rings is 1. The minimum atomic E-state index is -4.65. The van der Waals surface area contributed by atoms with Crippen molar-refractivity contribution < 1.29 is 37.1 Å². The zero-order valence-electron chi connectivity index (χ0n) is 14.3. The van der Waals surface area contributed by atoms with E-state index in [0.717, 1.165) is 0 Å². The van der Waals surface area contributed by atoms with Crippen LogP contribution in [0.25, 0.3) is 17.0 Å². The van der Waals surface area contributed by atoms with Crippen molar-refractivity contribution in [2.24, 2.45) is 0 Å². The number of rotatable bonds is 6. The number of cyclic esters (lactones) is 1. The third kappa shape index (κ3) is 4.22. The van der Waals surface area contributed by atoms with Crippen molar-refractivity contribution in [2.75, 3.05) is 25.2 Å². The Bertz CT molecular complexity index is 849. The molecule has 1 saturated heterocycles. The first kappa shape index (κ1) is 19.2. The number of methoxy groups -OCH3 is 1. The molecule has 2 aromatic rings. The molecule has 2 atom stereocenters. The summed E-state index contributed by atoms with van der Waals surface area (Å²) in [7, 11) is 1.50. The van der Waals surface area contributed by atoms with Gasteiger partial charge in [-0.25, -0.2) is 4.79 Å². The molecule has 10 heteroatoms. The van der Waals surface area contributed by atoms with Crippen LogP contribution in [-0.2, 0) is 9.47 Å². The molecule has 0 unspecified atom stereocenters. The van der Waals surface area contributed by atoms with Crippen LogP contribution in [0.2, 0.25) is 0 Å². The Hall–Kier alpha value is -2.59. The molecule has 1 aliphatic rings. The maximum atomic E-state index is 12.3. The highest BCUT2D eigenvalue weighted by Gasteiger charge is 2.37. The van der Waals surface area contributed by atoms with E-state index < -0.39 is 30.9 Å². The number of aromatic nitrogens is 1. The molecule has 0 spiro atoms. The minimum absolute atomic E-state index is 0.261. The number of aliphatic hydroxyl groups excluding tert-OH is 1. The first-order valence-corrected chi connectivity index (χ1v) is 8.07. The molecule has 0 saturated carbocycles. The second-order valence-electron chi connectivity index (χ2n) is 6.03. The van der Waals surface area contributed by atoms with Crippen LogP contribution >= 0.6 is 0 Å². The number of halogens is 3. The van der Waals surface area contributed by atoms with Gasteiger partial charge in [0.2, 0.25) is 0 Å². The number of hydrogen-bond donors (Lipinski definition) is 1. The molecule has 7 nitrogen and oxygen atoms in total. The molecule has 1 fully saturated rings. The fraction of sp³-hybridized carbons (Fsp3) is 0.412. The highest BCUT2D eigenvalue weighted by atomic mass is 19.4. The summed E-state index contributed by atoms with van der Waals surface area (Å²) in [5, 5.41) is 13.4. The maximum absolute atomic E-state index is 12.3. The lowest BCUT2D eigenvalue weighted by Crippen LogP contribution is -2.27. The van der Waals surface area contributed by atoms with Gasteiger partial charge in [-0.3, -0.25) is 4.90 Å². The molecule has 0 aliphatic carbocycles. The van der Waals surface area contributed by atoms with Gasteiger partial charge in [-0.15, -0.1) is 0 Å². The molecule has 1 N–H and O–H groups in total. The summed E-state index contributed by atoms with van der Waals surface area (Å²) in [6, 6.07) is 4.88. The summed E-state index contributed by atoms with van der Waals surface area (Å²) in [6.45, 7) is 0.530. The predicted octanol–water partition coefficient (Wildman–Crippen LogP) is 3.13. The van der Waals surface area contributed by atoms with Crippen LogP contribution in [0.15, 0.2) is 28.8 Å². The summed E-state index contributed by atoms with van der Waals surface area (Å²) in [4.78, 5) is 13.3. The average Bonchev–Trinajstić information content (AvgIpc) is 3.17. The first-order chi connectivity index (χ1) is 12.8. The Balaban J connectivity index is 1.74. The van der Waals surface area contributed by atoms with Crippen LogP contribution in [0.4, 0.5) is 23.8 Å². The Morgan fingerprint density at radius 1 is 1.48 bits per heavy atom. The Morgan fingerprint density at radius 2 is 2.26 bits per heavy atom. The summed E-state index contributed by atoms with van der Waals surface area (Å²) >= 11 is 0. The van der Waals surface area contributed by atoms with Crippen LogP contribution in [-0.4, -0.2) is 55.0 Å². The fourth-order valence-corrected chi connectivity index (χ4v) is 2.67. The lowest BCUT2D eigenvalue weighted by Gasteiger charge is -2.11. The van der Waals surface area contributed by atoms with E-state index in [1.54, 1.807) is 18.2 Å². The topological polar surface area (TPSA) is 85.0 Å². The van der Waals surface area contributed by atoms with Crippen molar-refractivity contribution in [3.8, 4) is 0 Å². The van der Waals surface area contributed by atoms with Gasteiger partial charge in [0.05, 0.1) is 18.5 Å². The van der Waals surface area contributed by atoms with Gasteiger partial charge in [0.25, 0.3) is 0 Å². The predicted molar refractivity (Wildman–Crippen MR) is 89.2 cm³/mol. The van der Waals surface area contributed by atoms with Gasteiger partial charge in [0.15, 0.2) is 17.5 Å². The lowest BCUT2D eigenvalue weighted by molar-refractivity contribution is -0.202. The second kappa shape index (κ2) is 7.57. The highest BCUT2D eigenvalue weighted by Crippen LogP contribution is 2.30. The van der Waals surface area contributed by atoms with Gasteiger partial charge in [-0.1, -0.05) is 23.4 Å². The molecule has 0 bridgehead atoms. The lowest BCUT2D eigenvalue weighted by atomic mass is 10.1. The van der Waals surface area contributed by atoms with Crippen LogP contribution in [0, 0.1) is 0 Å². The zero-order chi connectivity index (χ0) is 19.6. The van der Waals surface area contributed by atoms with E-state index >= 15 is 0 Å². The average molecular weight is 386 g/mol. The third-order valence-corrected chi connectivity index (χ3v) is 4.01. The molecule has 1 amide bonds. The van der Waals surface area contributed by atoms with Crippen molar-refractivity contribution in [3.05, 3.63) is 29.8 Å². The van der Waals surface area contributed by atoms with Crippen LogP contribution in [0.1, 0.15) is 12.0 Å². The largest absolute Gasteiger partial charge is 0.441 e. The standard InChI is InChI=1S/C17H17F3N2O5/c1-25-9-11-8-22(16(24)26-11)15-12-6-5-10(7-13(12)27-21-15)3-2-4-14(23)17(18,19)20/h2-3,5-7,11,14,23H,4,8-9H2,1H3/b3-2+/t11-,14-/m1/s1. The number of ether oxygens (including phenoxy) is 2. The van der Waals surface area contributed by atoms with Crippen molar-refractivity contribution in [3.63, 3.8) is 0 Å². The molecular formula is C17H17F3N2O5. The first-order valence-electron chi connectivity index (χ1n) is 8.07. The van der Waals surface area contributed by atoms with Gasteiger partial charge < -0.3 is 19.1 Å². The molecule has 0 radical (unpaired) electrons. The maximum Gasteiger partial charge on any atom is 0.416 e. The molecule has 1 aliphatic heterocycles. The number of anilines is 1. The molecule has 1 aromatic heterocycles. The fourth-order valence-electron chi connectivity index (χ4n) is 2.67. The Kier molecular flexibility index (Phi) is 5.38. The van der Waals surface area contributed by atoms with Crippen molar-refractivity contribution in [1.82, 2.24) is 5.16 Å². The molecule has 1 aromatic carbocycles. The van der Waals surface area contributed by atoms with Crippen molar-refractivity contribution in [1.29, 1.82) is 0 Å². The molecule has 3 rings (SSSR count). The molecule has 27 heavy (non-hydrogen) atoms. The molecule has 146 valence electrons. The second-order valence-corrected chi connectivity index (χ2v) is 6.03. The molecular weight excluding hydrogens is 369 g/mol. The van der Waals surface area contributed by atoms with Crippen LogP contribution < -0.4 is 4.90 Å². The third-order valence-electron chi connectivity index (χ3n) is 4.01. The highest BCUT2D eigenvalue weighted by molar-refractivity contribution is 5.99. The smallest absolute Gasteiger partial charge is 0.416 e. The molecule has 2 heterocycles. The number of fused-ring (bicyclic) bond motifs is 1. The van der Waals surface area contributed by atoms with Gasteiger partial charge in [0.1, 0.15) is 6.10 Å². The van der Waals surface area contributed by atoms with Crippen molar-refractivity contribution in [2.45, 2.75) is 24.8 Å². The van der Waals surface area contributed by atoms with Crippen molar-refractivity contribution >= 4 is 29.0 Å². The van der Waals surface area contributed by atoms with E-state index in [0.29, 0.717) is 22.4 Å². The number of carbonyl (C=O) groups is 1. The van der Waals surface area contributed by atoms with Crippen LogP contribution in [0.3, 0.4) is 0 Å². The van der Waals surface area contributed by atoms with Crippen LogP contribution in [0.5, 0.6) is 0 Å². The minimum Gasteiger partial charge on any atom is -0.441 e. The number of hydrogen-bond acceptors (Lipinski definition) is 6. The zero-order valence-corrected chi connectivity index (χ0v) is 14.3. The SMILES string of the molecule is COC[C@H]1CN(c2noc3cc(/C=C/C[C@@H](O)C(F)(F)F)ccc23)C(=O)O1. The van der Waals surface area contributed by atoms with E-state index in [-0.39, 0.29) is 13.2 Å². The Morgan fingerprint density at radius 3 is 2.96 bits per heavy atom. The normalized spacial score (nSPS) is 19.2. The number of amides is 1. The summed E-state index contributed by atoms with van der Waals surface area (Å²) in [5.74, 6) is 0.302. The van der Waals surface area contributed by atoms with Gasteiger partial charge in [-0.2, -0.15) is 13.2 Å². The van der Waals surface area contributed by atoms with E-state index in [2.05, 4.69) is 5.16 Å². The quantitative estimate of drug-likeness (QED) is 0.821. The summed E-state index contributed by atoms with van der Waals surface area (Å²) in [5.41, 5.74) is 0.937. The van der Waals surface area contributed by atoms with Gasteiger partial charge in [0, 0.05) is 13.5 Å². The number of alkyl halides is 3. The number of nitrogens with zero attached hydrogens (tertiary/aromatic N) is 2. The van der Waals surface area contributed by atoms with E-state index in [1.165, 1.54) is 24.2 Å². The Labute approximate surface area is 151 Å². The number of carbonyl (C=O) groups excluding carboxylic acids is 1. The summed E-state index contributed by atoms with van der Waals surface area (Å²) in [6.07, 6.45) is -5.91.